The van der Waals surface area contributed by atoms with Crippen LogP contribution in [0, 0.1) is 0 Å². The third-order valence-corrected chi connectivity index (χ3v) is 5.86. The Morgan fingerprint density at radius 2 is 1.58 bits per heavy atom. The summed E-state index contributed by atoms with van der Waals surface area (Å²) >= 11 is 0. The lowest BCUT2D eigenvalue weighted by molar-refractivity contribution is -0.120. The fourth-order valence-electron chi connectivity index (χ4n) is 4.66. The van der Waals surface area contributed by atoms with Crippen LogP contribution in [0.4, 0.5) is 22.9 Å². The highest BCUT2D eigenvalue weighted by molar-refractivity contribution is 6.17. The molecule has 1 amide bonds. The Hall–Kier alpha value is -5.00. The van der Waals surface area contributed by atoms with Crippen molar-refractivity contribution in [2.75, 3.05) is 10.2 Å². The molecule has 1 unspecified atom stereocenters. The summed E-state index contributed by atoms with van der Waals surface area (Å²) in [7, 11) is 0. The number of pyridine rings is 1. The number of aromatic nitrogens is 5. The van der Waals surface area contributed by atoms with Gasteiger partial charge in [-0.15, -0.1) is 0 Å². The van der Waals surface area contributed by atoms with Gasteiger partial charge < -0.3 is 10.3 Å². The van der Waals surface area contributed by atoms with Gasteiger partial charge in [-0.25, -0.2) is 9.59 Å². The van der Waals surface area contributed by atoms with Crippen LogP contribution < -0.4 is 32.7 Å². The molecule has 0 aliphatic carbocycles. The van der Waals surface area contributed by atoms with Crippen molar-refractivity contribution < 1.29 is 4.79 Å². The van der Waals surface area contributed by atoms with E-state index >= 15 is 0 Å². The van der Waals surface area contributed by atoms with Gasteiger partial charge in [-0.2, -0.15) is 0 Å². The average molecular weight is 443 g/mol. The molecule has 0 saturated carbocycles. The van der Waals surface area contributed by atoms with Gasteiger partial charge in [-0.3, -0.25) is 39.2 Å². The molecule has 12 nitrogen and oxygen atoms in total. The lowest BCUT2D eigenvalue weighted by atomic mass is 9.70. The molecule has 0 saturated heterocycles. The summed E-state index contributed by atoms with van der Waals surface area (Å²) in [5.41, 5.74) is -4.53. The van der Waals surface area contributed by atoms with Crippen molar-refractivity contribution in [3.63, 3.8) is 0 Å². The third-order valence-electron chi connectivity index (χ3n) is 5.86. The van der Waals surface area contributed by atoms with Crippen LogP contribution in [0.1, 0.15) is 16.8 Å². The summed E-state index contributed by atoms with van der Waals surface area (Å²) in [6, 6.07) is 9.80. The van der Waals surface area contributed by atoms with Gasteiger partial charge in [-0.1, -0.05) is 18.2 Å². The molecule has 1 aromatic carbocycles. The number of rotatable bonds is 1. The van der Waals surface area contributed by atoms with Crippen molar-refractivity contribution in [1.29, 1.82) is 0 Å². The highest BCUT2D eigenvalue weighted by atomic mass is 16.2. The van der Waals surface area contributed by atoms with Gasteiger partial charge in [0.05, 0.1) is 23.1 Å². The highest BCUT2D eigenvalue weighted by Gasteiger charge is 2.60. The third kappa shape index (κ3) is 2.28. The lowest BCUT2D eigenvalue weighted by Gasteiger charge is -2.35. The second kappa shape index (κ2) is 6.26. The van der Waals surface area contributed by atoms with Crippen molar-refractivity contribution in [3.8, 4) is 0 Å². The number of carbonyl (C=O) groups excluding carboxylic acids is 1. The van der Waals surface area contributed by atoms with Crippen LogP contribution in [0.25, 0.3) is 0 Å². The van der Waals surface area contributed by atoms with E-state index in [0.29, 0.717) is 11.3 Å². The normalized spacial score (nSPS) is 17.9. The SMILES string of the molecule is O=C1N(c2cccnc2)c2[nH]c(=O)[nH]c(=O)c2C12c1ccccc1Nc1c2[nH]c(=O)[nH]c1=O. The topological polar surface area (TPSA) is 177 Å². The van der Waals surface area contributed by atoms with E-state index in [2.05, 4.69) is 30.2 Å². The average Bonchev–Trinajstić information content (AvgIpc) is 3.04. The molecular weight excluding hydrogens is 430 g/mol. The molecule has 5 heterocycles. The summed E-state index contributed by atoms with van der Waals surface area (Å²) in [4.78, 5) is 79.4. The molecule has 2 aliphatic heterocycles. The molecule has 0 radical (unpaired) electrons. The van der Waals surface area contributed by atoms with Crippen molar-refractivity contribution in [2.24, 2.45) is 0 Å². The van der Waals surface area contributed by atoms with E-state index in [1.54, 1.807) is 36.4 Å². The van der Waals surface area contributed by atoms with Crippen LogP contribution in [0.5, 0.6) is 0 Å². The molecule has 3 aromatic heterocycles. The molecular formula is C21H13N7O5. The maximum absolute atomic E-state index is 14.3. The van der Waals surface area contributed by atoms with Gasteiger partial charge in [0.25, 0.3) is 17.0 Å². The first-order chi connectivity index (χ1) is 15.9. The highest BCUT2D eigenvalue weighted by Crippen LogP contribution is 2.54. The number of aromatic amines is 4. The minimum Gasteiger partial charge on any atom is -0.349 e. The largest absolute Gasteiger partial charge is 0.349 e. The summed E-state index contributed by atoms with van der Waals surface area (Å²) in [5, 5.41) is 2.94. The number of amides is 1. The Bertz CT molecular complexity index is 1720. The minimum atomic E-state index is -1.92. The molecule has 4 aromatic rings. The van der Waals surface area contributed by atoms with Crippen LogP contribution in [-0.2, 0) is 10.2 Å². The molecule has 33 heavy (non-hydrogen) atoms. The predicted molar refractivity (Wildman–Crippen MR) is 116 cm³/mol. The van der Waals surface area contributed by atoms with Gasteiger partial charge in [0.2, 0.25) is 0 Å². The number of nitrogens with zero attached hydrogens (tertiary/aromatic N) is 2. The van der Waals surface area contributed by atoms with Crippen molar-refractivity contribution in [2.45, 2.75) is 5.41 Å². The maximum atomic E-state index is 14.3. The van der Waals surface area contributed by atoms with E-state index in [9.17, 15) is 24.0 Å². The van der Waals surface area contributed by atoms with Crippen LogP contribution in [-0.4, -0.2) is 30.8 Å². The van der Waals surface area contributed by atoms with Crippen LogP contribution in [0.3, 0.4) is 0 Å². The van der Waals surface area contributed by atoms with Gasteiger partial charge in [0.15, 0.2) is 5.41 Å². The van der Waals surface area contributed by atoms with Crippen molar-refractivity contribution in [3.05, 3.63) is 107 Å². The Morgan fingerprint density at radius 1 is 0.818 bits per heavy atom. The van der Waals surface area contributed by atoms with Crippen LogP contribution in [0.15, 0.2) is 68.0 Å². The number of fused-ring (bicyclic) bond motifs is 6. The molecule has 5 N–H and O–H groups in total. The molecule has 0 bridgehead atoms. The molecule has 1 atom stereocenters. The number of benzene rings is 1. The second-order valence-corrected chi connectivity index (χ2v) is 7.56. The quantitative estimate of drug-likeness (QED) is 0.273. The predicted octanol–water partition coefficient (Wildman–Crippen LogP) is -0.0955. The summed E-state index contributed by atoms with van der Waals surface area (Å²) in [5.74, 6) is -0.750. The van der Waals surface area contributed by atoms with Gasteiger partial charge in [0.1, 0.15) is 11.5 Å². The van der Waals surface area contributed by atoms with Crippen LogP contribution in [0.2, 0.25) is 0 Å². The number of nitrogens with one attached hydrogen (secondary N) is 5. The molecule has 2 aliphatic rings. The first-order valence-corrected chi connectivity index (χ1v) is 9.78. The molecule has 12 heteroatoms. The second-order valence-electron chi connectivity index (χ2n) is 7.56. The Kier molecular flexibility index (Phi) is 3.56. The number of hydrogen-bond acceptors (Lipinski definition) is 7. The first kappa shape index (κ1) is 18.7. The monoisotopic (exact) mass is 443 g/mol. The summed E-state index contributed by atoms with van der Waals surface area (Å²) in [6.45, 7) is 0. The lowest BCUT2D eigenvalue weighted by Crippen LogP contribution is -2.48. The summed E-state index contributed by atoms with van der Waals surface area (Å²) in [6.07, 6.45) is 2.90. The molecule has 6 rings (SSSR count). The zero-order valence-corrected chi connectivity index (χ0v) is 16.6. The van der Waals surface area contributed by atoms with E-state index in [1.807, 2.05) is 0 Å². The maximum Gasteiger partial charge on any atom is 0.327 e. The Balaban J connectivity index is 1.85. The molecule has 0 fully saturated rings. The fourth-order valence-corrected chi connectivity index (χ4v) is 4.66. The smallest absolute Gasteiger partial charge is 0.327 e. The van der Waals surface area contributed by atoms with E-state index in [-0.39, 0.29) is 28.5 Å². The zero-order chi connectivity index (χ0) is 22.9. The first-order valence-electron chi connectivity index (χ1n) is 9.78. The standard InChI is InChI=1S/C21H13N7O5/c29-16-12-15(25-20(33)26-16)28(9-4-3-7-22-8-9)18(31)21(12)10-5-1-2-6-11(10)23-13-14(21)24-19(32)27-17(13)30/h1-8,23H,(H2,24,27,30,32)(H2,25,26,29,33). The molecule has 162 valence electrons. The van der Waals surface area contributed by atoms with E-state index in [0.717, 1.165) is 4.90 Å². The van der Waals surface area contributed by atoms with Crippen LogP contribution >= 0.6 is 0 Å². The summed E-state index contributed by atoms with van der Waals surface area (Å²) < 4.78 is 0. The van der Waals surface area contributed by atoms with E-state index in [1.165, 1.54) is 12.4 Å². The zero-order valence-electron chi connectivity index (χ0n) is 16.6. The van der Waals surface area contributed by atoms with E-state index in [4.69, 9.17) is 0 Å². The van der Waals surface area contributed by atoms with Gasteiger partial charge in [-0.05, 0) is 18.2 Å². The van der Waals surface area contributed by atoms with Gasteiger partial charge in [0, 0.05) is 17.4 Å². The Morgan fingerprint density at radius 3 is 2.36 bits per heavy atom. The number of para-hydroxylation sites is 1. The number of carbonyl (C=O) groups is 1. The van der Waals surface area contributed by atoms with Crippen molar-refractivity contribution in [1.82, 2.24) is 24.9 Å². The number of anilines is 4. The number of H-pyrrole nitrogens is 4. The molecule has 1 spiro atoms. The number of hydrogen-bond donors (Lipinski definition) is 5. The van der Waals surface area contributed by atoms with Gasteiger partial charge >= 0.3 is 11.4 Å². The van der Waals surface area contributed by atoms with Crippen molar-refractivity contribution >= 4 is 28.8 Å². The minimum absolute atomic E-state index is 0.0782. The fraction of sp³-hybridized carbons (Fsp3) is 0.0476. The Labute approximate surface area is 182 Å². The van der Waals surface area contributed by atoms with E-state index < -0.39 is 33.8 Å².